The van der Waals surface area contributed by atoms with Gasteiger partial charge in [-0.1, -0.05) is 48.3 Å². The summed E-state index contributed by atoms with van der Waals surface area (Å²) in [5.41, 5.74) is 1.77. The molecule has 0 saturated carbocycles. The van der Waals surface area contributed by atoms with Crippen molar-refractivity contribution in [1.29, 1.82) is 0 Å². The average Bonchev–Trinajstić information content (AvgIpc) is 2.76. The summed E-state index contributed by atoms with van der Waals surface area (Å²) >= 11 is 12.3. The van der Waals surface area contributed by atoms with Crippen LogP contribution >= 0.6 is 23.2 Å². The van der Waals surface area contributed by atoms with Gasteiger partial charge in [-0.2, -0.15) is 0 Å². The van der Waals surface area contributed by atoms with Crippen LogP contribution in [0.1, 0.15) is 38.3 Å². The quantitative estimate of drug-likeness (QED) is 0.495. The van der Waals surface area contributed by atoms with E-state index in [1.807, 2.05) is 13.8 Å². The molecule has 2 amide bonds. The lowest BCUT2D eigenvalue weighted by Crippen LogP contribution is -2.52. The van der Waals surface area contributed by atoms with Crippen LogP contribution in [0.5, 0.6) is 0 Å². The van der Waals surface area contributed by atoms with E-state index in [0.717, 1.165) is 22.5 Å². The number of hydrogen-bond donors (Lipinski definition) is 1. The first kappa shape index (κ1) is 28.0. The van der Waals surface area contributed by atoms with Crippen molar-refractivity contribution in [2.45, 2.75) is 52.7 Å². The Morgan fingerprint density at radius 1 is 1.09 bits per heavy atom. The van der Waals surface area contributed by atoms with E-state index in [9.17, 15) is 18.0 Å². The van der Waals surface area contributed by atoms with Gasteiger partial charge in [-0.25, -0.2) is 8.42 Å². The molecule has 0 unspecified atom stereocenters. The number of nitrogens with zero attached hydrogens (tertiary/aromatic N) is 2. The third kappa shape index (κ3) is 7.61. The fourth-order valence-electron chi connectivity index (χ4n) is 3.23. The van der Waals surface area contributed by atoms with Crippen molar-refractivity contribution >= 4 is 50.7 Å². The molecule has 0 aromatic heterocycles. The first-order valence-electron chi connectivity index (χ1n) is 10.9. The van der Waals surface area contributed by atoms with E-state index in [1.165, 1.54) is 11.0 Å². The van der Waals surface area contributed by atoms with Gasteiger partial charge < -0.3 is 10.2 Å². The van der Waals surface area contributed by atoms with Gasteiger partial charge in [0.2, 0.25) is 21.8 Å². The molecule has 0 spiro atoms. The van der Waals surface area contributed by atoms with Crippen LogP contribution in [0.3, 0.4) is 0 Å². The highest BCUT2D eigenvalue weighted by molar-refractivity contribution is 7.92. The largest absolute Gasteiger partial charge is 0.352 e. The van der Waals surface area contributed by atoms with Gasteiger partial charge in [0.1, 0.15) is 12.6 Å². The molecule has 2 rings (SSSR count). The molecule has 186 valence electrons. The maximum absolute atomic E-state index is 13.5. The Kier molecular flexibility index (Phi) is 9.79. The second-order valence-corrected chi connectivity index (χ2v) is 11.1. The number of carbonyl (C=O) groups excluding carboxylic acids is 2. The molecule has 0 radical (unpaired) electrons. The van der Waals surface area contributed by atoms with E-state index in [1.54, 1.807) is 50.2 Å². The van der Waals surface area contributed by atoms with Gasteiger partial charge in [0.15, 0.2) is 0 Å². The Morgan fingerprint density at radius 2 is 1.76 bits per heavy atom. The molecule has 2 atom stereocenters. The molecule has 34 heavy (non-hydrogen) atoms. The van der Waals surface area contributed by atoms with Crippen molar-refractivity contribution in [3.05, 3.63) is 63.6 Å². The molecule has 0 aliphatic carbocycles. The summed E-state index contributed by atoms with van der Waals surface area (Å²) in [6.45, 7) is 6.84. The van der Waals surface area contributed by atoms with Crippen molar-refractivity contribution in [1.82, 2.24) is 10.2 Å². The number of rotatable bonds is 10. The number of hydrogen-bond acceptors (Lipinski definition) is 4. The van der Waals surface area contributed by atoms with Crippen LogP contribution in [-0.4, -0.2) is 50.0 Å². The van der Waals surface area contributed by atoms with Crippen molar-refractivity contribution in [2.24, 2.45) is 0 Å². The van der Waals surface area contributed by atoms with Gasteiger partial charge in [0, 0.05) is 22.6 Å². The molecule has 0 aliphatic rings. The van der Waals surface area contributed by atoms with E-state index in [-0.39, 0.29) is 24.2 Å². The van der Waals surface area contributed by atoms with Gasteiger partial charge in [0.25, 0.3) is 0 Å². The first-order valence-corrected chi connectivity index (χ1v) is 13.5. The Morgan fingerprint density at radius 3 is 2.32 bits per heavy atom. The molecule has 7 nitrogen and oxygen atoms in total. The van der Waals surface area contributed by atoms with Crippen molar-refractivity contribution < 1.29 is 18.0 Å². The van der Waals surface area contributed by atoms with E-state index in [4.69, 9.17) is 23.2 Å². The predicted molar refractivity (Wildman–Crippen MR) is 138 cm³/mol. The predicted octanol–water partition coefficient (Wildman–Crippen LogP) is 4.40. The minimum Gasteiger partial charge on any atom is -0.352 e. The molecule has 0 aliphatic heterocycles. The molecule has 0 heterocycles. The summed E-state index contributed by atoms with van der Waals surface area (Å²) in [6, 6.07) is 10.8. The molecular formula is C24H31Cl2N3O4S. The zero-order valence-electron chi connectivity index (χ0n) is 20.0. The molecule has 2 aromatic carbocycles. The molecular weight excluding hydrogens is 497 g/mol. The summed E-state index contributed by atoms with van der Waals surface area (Å²) in [4.78, 5) is 27.7. The van der Waals surface area contributed by atoms with Gasteiger partial charge >= 0.3 is 0 Å². The highest BCUT2D eigenvalue weighted by Gasteiger charge is 2.30. The third-order valence-corrected chi connectivity index (χ3v) is 7.32. The summed E-state index contributed by atoms with van der Waals surface area (Å²) in [7, 11) is -3.82. The van der Waals surface area contributed by atoms with Crippen LogP contribution < -0.4 is 9.62 Å². The second-order valence-electron chi connectivity index (χ2n) is 8.35. The zero-order valence-corrected chi connectivity index (χ0v) is 22.3. The van der Waals surface area contributed by atoms with E-state index < -0.39 is 28.5 Å². The highest BCUT2D eigenvalue weighted by atomic mass is 35.5. The highest BCUT2D eigenvalue weighted by Crippen LogP contribution is 2.25. The number of sulfonamides is 1. The van der Waals surface area contributed by atoms with Gasteiger partial charge in [-0.05, 0) is 62.6 Å². The molecule has 0 bridgehead atoms. The number of anilines is 1. The lowest BCUT2D eigenvalue weighted by atomic mass is 10.1. The SMILES string of the molecule is CC[C@H](C)NC(=O)[C@@H](C)N(Cc1cccc(Cl)c1)C(=O)CN(c1ccc(C)c(Cl)c1)S(C)(=O)=O. The van der Waals surface area contributed by atoms with Gasteiger partial charge in [-0.15, -0.1) is 0 Å². The Labute approximate surface area is 212 Å². The Balaban J connectivity index is 2.41. The van der Waals surface area contributed by atoms with Crippen molar-refractivity contribution in [3.8, 4) is 0 Å². The maximum atomic E-state index is 13.5. The van der Waals surface area contributed by atoms with Crippen LogP contribution in [-0.2, 0) is 26.2 Å². The lowest BCUT2D eigenvalue weighted by Gasteiger charge is -2.32. The van der Waals surface area contributed by atoms with Crippen LogP contribution in [0.4, 0.5) is 5.69 Å². The molecule has 2 aromatic rings. The molecule has 0 saturated heterocycles. The van der Waals surface area contributed by atoms with Crippen molar-refractivity contribution in [3.63, 3.8) is 0 Å². The second kappa shape index (κ2) is 11.9. The fourth-order valence-corrected chi connectivity index (χ4v) is 4.46. The van der Waals surface area contributed by atoms with Crippen LogP contribution in [0.25, 0.3) is 0 Å². The number of nitrogens with one attached hydrogen (secondary N) is 1. The number of amides is 2. The fraction of sp³-hybridized carbons (Fsp3) is 0.417. The lowest BCUT2D eigenvalue weighted by molar-refractivity contribution is -0.139. The Hall–Kier alpha value is -2.29. The summed E-state index contributed by atoms with van der Waals surface area (Å²) in [5, 5.41) is 3.76. The molecule has 10 heteroatoms. The average molecular weight is 529 g/mol. The van der Waals surface area contributed by atoms with Crippen LogP contribution in [0.15, 0.2) is 42.5 Å². The van der Waals surface area contributed by atoms with Crippen molar-refractivity contribution in [2.75, 3.05) is 17.1 Å². The Bertz CT molecular complexity index is 1140. The number of aryl methyl sites for hydroxylation is 1. The maximum Gasteiger partial charge on any atom is 0.244 e. The number of benzene rings is 2. The van der Waals surface area contributed by atoms with Crippen LogP contribution in [0, 0.1) is 6.92 Å². The standard InChI is InChI=1S/C24H31Cl2N3O4S/c1-6-17(3)27-24(31)18(4)28(14-19-8-7-9-20(25)12-19)23(30)15-29(34(5,32)33)21-11-10-16(2)22(26)13-21/h7-13,17-18H,6,14-15H2,1-5H3,(H,27,31)/t17-,18+/m0/s1. The minimum atomic E-state index is -3.82. The van der Waals surface area contributed by atoms with Crippen LogP contribution in [0.2, 0.25) is 10.0 Å². The number of carbonyl (C=O) groups is 2. The normalized spacial score (nSPS) is 13.1. The summed E-state index contributed by atoms with van der Waals surface area (Å²) in [5.74, 6) is -0.858. The van der Waals surface area contributed by atoms with Gasteiger partial charge in [0.05, 0.1) is 11.9 Å². The molecule has 1 N–H and O–H groups in total. The molecule has 0 fully saturated rings. The summed E-state index contributed by atoms with van der Waals surface area (Å²) < 4.78 is 26.2. The van der Waals surface area contributed by atoms with Gasteiger partial charge in [-0.3, -0.25) is 13.9 Å². The topological polar surface area (TPSA) is 86.8 Å². The summed E-state index contributed by atoms with van der Waals surface area (Å²) in [6.07, 6.45) is 1.76. The third-order valence-electron chi connectivity index (χ3n) is 5.53. The first-order chi connectivity index (χ1) is 15.8. The van der Waals surface area contributed by atoms with E-state index in [0.29, 0.717) is 15.6 Å². The number of halogens is 2. The van der Waals surface area contributed by atoms with E-state index >= 15 is 0 Å². The minimum absolute atomic E-state index is 0.0692. The zero-order chi connectivity index (χ0) is 25.6. The monoisotopic (exact) mass is 527 g/mol. The van der Waals surface area contributed by atoms with E-state index in [2.05, 4.69) is 5.32 Å². The smallest absolute Gasteiger partial charge is 0.244 e.